The molecule has 25 heavy (non-hydrogen) atoms. The van der Waals surface area contributed by atoms with E-state index in [9.17, 15) is 4.79 Å². The zero-order chi connectivity index (χ0) is 17.8. The van der Waals surface area contributed by atoms with E-state index in [1.165, 1.54) is 0 Å². The molecule has 3 aromatic rings. The second kappa shape index (κ2) is 6.89. The number of benzene rings is 2. The van der Waals surface area contributed by atoms with Crippen molar-refractivity contribution in [3.05, 3.63) is 65.9 Å². The lowest BCUT2D eigenvalue weighted by atomic mass is 10.1. The van der Waals surface area contributed by atoms with E-state index >= 15 is 0 Å². The maximum atomic E-state index is 12.4. The molecule has 0 aliphatic carbocycles. The first-order valence-electron chi connectivity index (χ1n) is 7.60. The minimum absolute atomic E-state index is 0.294. The maximum Gasteiger partial charge on any atom is 0.276 e. The SMILES string of the molecule is COc1cccc(-c2cc(C(=O)Nc3cccc(C#N)c3)nn2C)c1. The lowest BCUT2D eigenvalue weighted by molar-refractivity contribution is 0.102. The third-order valence-corrected chi connectivity index (χ3v) is 3.73. The van der Waals surface area contributed by atoms with Crippen molar-refractivity contribution < 1.29 is 9.53 Å². The van der Waals surface area contributed by atoms with E-state index in [1.807, 2.05) is 30.3 Å². The molecule has 0 aliphatic rings. The number of rotatable bonds is 4. The van der Waals surface area contributed by atoms with Gasteiger partial charge in [-0.15, -0.1) is 0 Å². The quantitative estimate of drug-likeness (QED) is 0.795. The lowest BCUT2D eigenvalue weighted by Gasteiger charge is -2.04. The number of anilines is 1. The molecule has 0 spiro atoms. The highest BCUT2D eigenvalue weighted by Gasteiger charge is 2.14. The van der Waals surface area contributed by atoms with Crippen LogP contribution in [-0.4, -0.2) is 22.8 Å². The fraction of sp³-hybridized carbons (Fsp3) is 0.105. The van der Waals surface area contributed by atoms with Crippen LogP contribution in [0.2, 0.25) is 0 Å². The van der Waals surface area contributed by atoms with Crippen LogP contribution < -0.4 is 10.1 Å². The van der Waals surface area contributed by atoms with Gasteiger partial charge >= 0.3 is 0 Å². The topological polar surface area (TPSA) is 79.9 Å². The van der Waals surface area contributed by atoms with E-state index in [1.54, 1.807) is 49.2 Å². The molecule has 2 aromatic carbocycles. The number of aryl methyl sites for hydroxylation is 1. The highest BCUT2D eigenvalue weighted by Crippen LogP contribution is 2.24. The van der Waals surface area contributed by atoms with Crippen molar-refractivity contribution in [2.75, 3.05) is 12.4 Å². The number of aromatic nitrogens is 2. The number of ether oxygens (including phenoxy) is 1. The summed E-state index contributed by atoms with van der Waals surface area (Å²) >= 11 is 0. The van der Waals surface area contributed by atoms with E-state index < -0.39 is 0 Å². The van der Waals surface area contributed by atoms with Crippen LogP contribution in [0.15, 0.2) is 54.6 Å². The number of carbonyl (C=O) groups excluding carboxylic acids is 1. The Morgan fingerprint density at radius 1 is 1.20 bits per heavy atom. The summed E-state index contributed by atoms with van der Waals surface area (Å²) in [6.07, 6.45) is 0. The Hall–Kier alpha value is -3.59. The lowest BCUT2D eigenvalue weighted by Crippen LogP contribution is -2.13. The Kier molecular flexibility index (Phi) is 4.48. The standard InChI is InChI=1S/C19H16N4O2/c1-23-18(14-6-4-8-16(10-14)25-2)11-17(22-23)19(24)21-15-7-3-5-13(9-15)12-20/h3-11H,1-2H3,(H,21,24). The molecule has 1 heterocycles. The molecule has 0 radical (unpaired) electrons. The van der Waals surface area contributed by atoms with Crippen molar-refractivity contribution in [3.63, 3.8) is 0 Å². The van der Waals surface area contributed by atoms with Crippen molar-refractivity contribution in [2.45, 2.75) is 0 Å². The summed E-state index contributed by atoms with van der Waals surface area (Å²) in [5.74, 6) is 0.401. The number of amides is 1. The van der Waals surface area contributed by atoms with Gasteiger partial charge in [0, 0.05) is 18.3 Å². The van der Waals surface area contributed by atoms with Gasteiger partial charge in [0.25, 0.3) is 5.91 Å². The van der Waals surface area contributed by atoms with Crippen molar-refractivity contribution in [1.29, 1.82) is 5.26 Å². The van der Waals surface area contributed by atoms with E-state index in [0.717, 1.165) is 17.0 Å². The number of hydrogen-bond acceptors (Lipinski definition) is 4. The van der Waals surface area contributed by atoms with Gasteiger partial charge in [-0.3, -0.25) is 9.48 Å². The summed E-state index contributed by atoms with van der Waals surface area (Å²) in [6.45, 7) is 0. The Bertz CT molecular complexity index is 970. The molecule has 1 aromatic heterocycles. The molecule has 6 nitrogen and oxygen atoms in total. The van der Waals surface area contributed by atoms with Crippen LogP contribution in [0.4, 0.5) is 5.69 Å². The van der Waals surface area contributed by atoms with E-state index in [0.29, 0.717) is 16.9 Å². The number of methoxy groups -OCH3 is 1. The average molecular weight is 332 g/mol. The van der Waals surface area contributed by atoms with Gasteiger partial charge in [-0.05, 0) is 36.4 Å². The average Bonchev–Trinajstić information content (AvgIpc) is 3.04. The Morgan fingerprint density at radius 3 is 2.76 bits per heavy atom. The fourth-order valence-corrected chi connectivity index (χ4v) is 2.49. The van der Waals surface area contributed by atoms with Gasteiger partial charge in [-0.2, -0.15) is 10.4 Å². The first kappa shape index (κ1) is 16.3. The molecule has 0 unspecified atom stereocenters. The smallest absolute Gasteiger partial charge is 0.276 e. The van der Waals surface area contributed by atoms with Gasteiger partial charge < -0.3 is 10.1 Å². The van der Waals surface area contributed by atoms with Crippen LogP contribution in [0.5, 0.6) is 5.75 Å². The van der Waals surface area contributed by atoms with Crippen LogP contribution in [-0.2, 0) is 7.05 Å². The van der Waals surface area contributed by atoms with Crippen LogP contribution in [0.25, 0.3) is 11.3 Å². The first-order chi connectivity index (χ1) is 12.1. The molecule has 0 saturated heterocycles. The predicted molar refractivity (Wildman–Crippen MR) is 94.3 cm³/mol. The zero-order valence-electron chi connectivity index (χ0n) is 13.9. The number of carbonyl (C=O) groups is 1. The molecular weight excluding hydrogens is 316 g/mol. The highest BCUT2D eigenvalue weighted by atomic mass is 16.5. The molecule has 0 bridgehead atoms. The largest absolute Gasteiger partial charge is 0.497 e. The number of nitrogens with one attached hydrogen (secondary N) is 1. The zero-order valence-corrected chi connectivity index (χ0v) is 13.9. The molecule has 6 heteroatoms. The van der Waals surface area contributed by atoms with Crippen molar-refractivity contribution in [1.82, 2.24) is 9.78 Å². The van der Waals surface area contributed by atoms with E-state index in [4.69, 9.17) is 10.00 Å². The summed E-state index contributed by atoms with van der Waals surface area (Å²) in [7, 11) is 3.39. The van der Waals surface area contributed by atoms with E-state index in [-0.39, 0.29) is 5.91 Å². The third-order valence-electron chi connectivity index (χ3n) is 3.73. The molecular formula is C19H16N4O2. The van der Waals surface area contributed by atoms with Gasteiger partial charge in [-0.1, -0.05) is 18.2 Å². The number of nitriles is 1. The molecule has 1 amide bonds. The third kappa shape index (κ3) is 3.51. The van der Waals surface area contributed by atoms with Gasteiger partial charge in [0.2, 0.25) is 0 Å². The summed E-state index contributed by atoms with van der Waals surface area (Å²) in [4.78, 5) is 12.4. The molecule has 1 N–H and O–H groups in total. The van der Waals surface area contributed by atoms with Crippen LogP contribution in [0.3, 0.4) is 0 Å². The maximum absolute atomic E-state index is 12.4. The van der Waals surface area contributed by atoms with Crippen molar-refractivity contribution in [3.8, 4) is 23.1 Å². The van der Waals surface area contributed by atoms with Crippen LogP contribution in [0, 0.1) is 11.3 Å². The molecule has 0 saturated carbocycles. The summed E-state index contributed by atoms with van der Waals surface area (Å²) < 4.78 is 6.88. The number of nitrogens with zero attached hydrogens (tertiary/aromatic N) is 3. The normalized spacial score (nSPS) is 10.1. The minimum atomic E-state index is -0.333. The van der Waals surface area contributed by atoms with Gasteiger partial charge in [0.15, 0.2) is 5.69 Å². The molecule has 0 atom stereocenters. The molecule has 3 rings (SSSR count). The molecule has 0 fully saturated rings. The second-order valence-electron chi connectivity index (χ2n) is 5.42. The van der Waals surface area contributed by atoms with E-state index in [2.05, 4.69) is 10.4 Å². The summed E-state index contributed by atoms with van der Waals surface area (Å²) in [5.41, 5.74) is 3.03. The Balaban J connectivity index is 1.86. The van der Waals surface area contributed by atoms with Crippen molar-refractivity contribution in [2.24, 2.45) is 7.05 Å². The summed E-state index contributed by atoms with van der Waals surface area (Å²) in [5, 5.41) is 16.0. The highest BCUT2D eigenvalue weighted by molar-refractivity contribution is 6.03. The Labute approximate surface area is 145 Å². The van der Waals surface area contributed by atoms with Crippen molar-refractivity contribution >= 4 is 11.6 Å². The van der Waals surface area contributed by atoms with Gasteiger partial charge in [-0.25, -0.2) is 0 Å². The number of hydrogen-bond donors (Lipinski definition) is 1. The van der Waals surface area contributed by atoms with Crippen LogP contribution in [0.1, 0.15) is 16.1 Å². The fourth-order valence-electron chi connectivity index (χ4n) is 2.49. The predicted octanol–water partition coefficient (Wildman–Crippen LogP) is 3.22. The second-order valence-corrected chi connectivity index (χ2v) is 5.42. The minimum Gasteiger partial charge on any atom is -0.497 e. The monoisotopic (exact) mass is 332 g/mol. The van der Waals surface area contributed by atoms with Gasteiger partial charge in [0.1, 0.15) is 5.75 Å². The van der Waals surface area contributed by atoms with Gasteiger partial charge in [0.05, 0.1) is 24.4 Å². The molecule has 124 valence electrons. The summed E-state index contributed by atoms with van der Waals surface area (Å²) in [6, 6.07) is 18.1. The first-order valence-corrected chi connectivity index (χ1v) is 7.60. The molecule has 0 aliphatic heterocycles. The Morgan fingerprint density at radius 2 is 2.00 bits per heavy atom. The van der Waals surface area contributed by atoms with Crippen LogP contribution >= 0.6 is 0 Å².